The van der Waals surface area contributed by atoms with Gasteiger partial charge in [-0.3, -0.25) is 9.48 Å². The molecule has 114 valence electrons. The van der Waals surface area contributed by atoms with Gasteiger partial charge >= 0.3 is 0 Å². The average molecular weight is 296 g/mol. The third-order valence-corrected chi connectivity index (χ3v) is 4.61. The first-order valence-corrected chi connectivity index (χ1v) is 8.08. The van der Waals surface area contributed by atoms with Crippen LogP contribution in [0.4, 0.5) is 5.82 Å². The summed E-state index contributed by atoms with van der Waals surface area (Å²) in [4.78, 5) is 16.5. The van der Waals surface area contributed by atoms with Crippen LogP contribution in [0.3, 0.4) is 0 Å². The monoisotopic (exact) mass is 296 g/mol. The number of aromatic nitrogens is 3. The van der Waals surface area contributed by atoms with Crippen molar-refractivity contribution in [3.63, 3.8) is 0 Å². The number of carbonyl (C=O) groups is 1. The minimum atomic E-state index is -0.0264. The Balaban J connectivity index is 1.42. The SMILES string of the molecule is O=C(Cc1ccnn1C1CCC1)Nc1cc(C2CC2)ccn1. The molecule has 0 bridgehead atoms. The van der Waals surface area contributed by atoms with Gasteiger partial charge in [-0.1, -0.05) is 0 Å². The van der Waals surface area contributed by atoms with E-state index in [0.717, 1.165) is 5.69 Å². The van der Waals surface area contributed by atoms with Crippen molar-refractivity contribution in [2.45, 2.75) is 50.5 Å². The van der Waals surface area contributed by atoms with Crippen LogP contribution in [0.15, 0.2) is 30.6 Å². The molecule has 0 spiro atoms. The zero-order valence-electron chi connectivity index (χ0n) is 12.5. The van der Waals surface area contributed by atoms with Gasteiger partial charge in [0.05, 0.1) is 12.5 Å². The highest BCUT2D eigenvalue weighted by Gasteiger charge is 2.24. The summed E-state index contributed by atoms with van der Waals surface area (Å²) in [5.41, 5.74) is 2.27. The second-order valence-corrected chi connectivity index (χ2v) is 6.33. The predicted molar refractivity (Wildman–Crippen MR) is 83.7 cm³/mol. The third-order valence-electron chi connectivity index (χ3n) is 4.61. The van der Waals surface area contributed by atoms with Gasteiger partial charge in [-0.2, -0.15) is 5.10 Å². The van der Waals surface area contributed by atoms with Crippen LogP contribution in [0.5, 0.6) is 0 Å². The average Bonchev–Trinajstić information content (AvgIpc) is 3.21. The number of hydrogen-bond acceptors (Lipinski definition) is 3. The summed E-state index contributed by atoms with van der Waals surface area (Å²) in [6.07, 6.45) is 10.0. The van der Waals surface area contributed by atoms with E-state index in [1.54, 1.807) is 12.4 Å². The molecule has 0 aliphatic heterocycles. The van der Waals surface area contributed by atoms with Crippen LogP contribution in [0.25, 0.3) is 0 Å². The number of amides is 1. The molecule has 0 unspecified atom stereocenters. The summed E-state index contributed by atoms with van der Waals surface area (Å²) in [6, 6.07) is 6.46. The van der Waals surface area contributed by atoms with Gasteiger partial charge in [-0.05, 0) is 61.8 Å². The van der Waals surface area contributed by atoms with E-state index < -0.39 is 0 Å². The molecule has 0 aromatic carbocycles. The third kappa shape index (κ3) is 2.75. The van der Waals surface area contributed by atoms with Crippen LogP contribution in [0.1, 0.15) is 55.3 Å². The molecular formula is C17H20N4O. The van der Waals surface area contributed by atoms with E-state index in [0.29, 0.717) is 24.2 Å². The van der Waals surface area contributed by atoms with Crippen LogP contribution in [0.2, 0.25) is 0 Å². The van der Waals surface area contributed by atoms with E-state index in [4.69, 9.17) is 0 Å². The highest BCUT2D eigenvalue weighted by atomic mass is 16.1. The number of carbonyl (C=O) groups excluding carboxylic acids is 1. The molecule has 2 aromatic heterocycles. The minimum Gasteiger partial charge on any atom is -0.310 e. The summed E-state index contributed by atoms with van der Waals surface area (Å²) in [5.74, 6) is 1.30. The lowest BCUT2D eigenvalue weighted by molar-refractivity contribution is -0.115. The molecule has 2 aliphatic carbocycles. The molecule has 1 N–H and O–H groups in total. The Morgan fingerprint density at radius 3 is 2.82 bits per heavy atom. The van der Waals surface area contributed by atoms with E-state index >= 15 is 0 Å². The van der Waals surface area contributed by atoms with E-state index in [9.17, 15) is 4.79 Å². The topological polar surface area (TPSA) is 59.8 Å². The molecule has 5 heteroatoms. The summed E-state index contributed by atoms with van der Waals surface area (Å²) >= 11 is 0. The molecule has 1 amide bonds. The molecule has 2 aromatic rings. The van der Waals surface area contributed by atoms with Crippen molar-refractivity contribution >= 4 is 11.7 Å². The van der Waals surface area contributed by atoms with Crippen LogP contribution in [-0.4, -0.2) is 20.7 Å². The number of anilines is 1. The number of rotatable bonds is 5. The fraction of sp³-hybridized carbons (Fsp3) is 0.471. The Labute approximate surface area is 129 Å². The second kappa shape index (κ2) is 5.55. The second-order valence-electron chi connectivity index (χ2n) is 6.33. The highest BCUT2D eigenvalue weighted by molar-refractivity contribution is 5.91. The molecule has 2 heterocycles. The lowest BCUT2D eigenvalue weighted by atomic mass is 9.93. The minimum absolute atomic E-state index is 0.0264. The largest absolute Gasteiger partial charge is 0.310 e. The maximum Gasteiger partial charge on any atom is 0.231 e. The van der Waals surface area contributed by atoms with Crippen molar-refractivity contribution in [1.29, 1.82) is 0 Å². The molecule has 0 atom stereocenters. The van der Waals surface area contributed by atoms with Gasteiger partial charge in [0.2, 0.25) is 5.91 Å². The number of nitrogens with zero attached hydrogens (tertiary/aromatic N) is 3. The molecule has 0 saturated heterocycles. The number of pyridine rings is 1. The van der Waals surface area contributed by atoms with Crippen LogP contribution in [0, 0.1) is 0 Å². The first-order valence-electron chi connectivity index (χ1n) is 8.08. The molecular weight excluding hydrogens is 276 g/mol. The van der Waals surface area contributed by atoms with Gasteiger partial charge in [0.1, 0.15) is 5.82 Å². The highest BCUT2D eigenvalue weighted by Crippen LogP contribution is 2.40. The molecule has 5 nitrogen and oxygen atoms in total. The fourth-order valence-corrected chi connectivity index (χ4v) is 2.98. The van der Waals surface area contributed by atoms with E-state index in [1.807, 2.05) is 22.9 Å². The van der Waals surface area contributed by atoms with Crippen LogP contribution >= 0.6 is 0 Å². The molecule has 2 aliphatic rings. The molecule has 4 rings (SSSR count). The van der Waals surface area contributed by atoms with E-state index in [2.05, 4.69) is 15.4 Å². The van der Waals surface area contributed by atoms with E-state index in [1.165, 1.54) is 37.7 Å². The Hall–Kier alpha value is -2.17. The van der Waals surface area contributed by atoms with Crippen molar-refractivity contribution in [3.8, 4) is 0 Å². The predicted octanol–water partition coefficient (Wildman–Crippen LogP) is 3.06. The van der Waals surface area contributed by atoms with Crippen molar-refractivity contribution in [2.75, 3.05) is 5.32 Å². The van der Waals surface area contributed by atoms with E-state index in [-0.39, 0.29) is 5.91 Å². The zero-order valence-corrected chi connectivity index (χ0v) is 12.5. The van der Waals surface area contributed by atoms with Crippen LogP contribution in [-0.2, 0) is 11.2 Å². The number of nitrogens with one attached hydrogen (secondary N) is 1. The maximum atomic E-state index is 12.3. The fourth-order valence-electron chi connectivity index (χ4n) is 2.98. The smallest absolute Gasteiger partial charge is 0.231 e. The number of hydrogen-bond donors (Lipinski definition) is 1. The van der Waals surface area contributed by atoms with Crippen molar-refractivity contribution in [3.05, 3.63) is 41.9 Å². The summed E-state index contributed by atoms with van der Waals surface area (Å²) < 4.78 is 2.01. The lowest BCUT2D eigenvalue weighted by Crippen LogP contribution is -2.23. The molecule has 2 fully saturated rings. The quantitative estimate of drug-likeness (QED) is 0.922. The zero-order chi connectivity index (χ0) is 14.9. The van der Waals surface area contributed by atoms with Gasteiger partial charge in [-0.25, -0.2) is 4.98 Å². The van der Waals surface area contributed by atoms with Crippen molar-refractivity contribution in [2.24, 2.45) is 0 Å². The van der Waals surface area contributed by atoms with Gasteiger partial charge in [0.15, 0.2) is 0 Å². The van der Waals surface area contributed by atoms with Gasteiger partial charge < -0.3 is 5.32 Å². The van der Waals surface area contributed by atoms with Crippen LogP contribution < -0.4 is 5.32 Å². The van der Waals surface area contributed by atoms with Crippen molar-refractivity contribution < 1.29 is 4.79 Å². The first kappa shape index (κ1) is 13.5. The Bertz CT molecular complexity index is 685. The Kier molecular flexibility index (Phi) is 3.41. The summed E-state index contributed by atoms with van der Waals surface area (Å²) in [6.45, 7) is 0. The summed E-state index contributed by atoms with van der Waals surface area (Å²) in [5, 5.41) is 7.28. The van der Waals surface area contributed by atoms with Gasteiger partial charge in [-0.15, -0.1) is 0 Å². The Morgan fingerprint density at radius 1 is 1.23 bits per heavy atom. The summed E-state index contributed by atoms with van der Waals surface area (Å²) in [7, 11) is 0. The van der Waals surface area contributed by atoms with Gasteiger partial charge in [0, 0.05) is 18.1 Å². The Morgan fingerprint density at radius 2 is 2.09 bits per heavy atom. The van der Waals surface area contributed by atoms with Crippen molar-refractivity contribution in [1.82, 2.24) is 14.8 Å². The molecule has 2 saturated carbocycles. The maximum absolute atomic E-state index is 12.3. The van der Waals surface area contributed by atoms with Gasteiger partial charge in [0.25, 0.3) is 0 Å². The molecule has 0 radical (unpaired) electrons. The first-order chi connectivity index (χ1) is 10.8. The standard InChI is InChI=1S/C17H20N4O/c22-17(11-15-7-9-19-21(15)14-2-1-3-14)20-16-10-13(6-8-18-16)12-4-5-12/h6-10,12,14H,1-5,11H2,(H,18,20,22). The lowest BCUT2D eigenvalue weighted by Gasteiger charge is -2.27. The normalized spacial score (nSPS) is 18.0. The molecule has 22 heavy (non-hydrogen) atoms.